The summed E-state index contributed by atoms with van der Waals surface area (Å²) in [6.07, 6.45) is 3.92. The van der Waals surface area contributed by atoms with Gasteiger partial charge >= 0.3 is 0 Å². The lowest BCUT2D eigenvalue weighted by Crippen LogP contribution is -2.22. The van der Waals surface area contributed by atoms with Crippen LogP contribution in [0.1, 0.15) is 24.8 Å². The first-order valence-electron chi connectivity index (χ1n) is 5.38. The minimum absolute atomic E-state index is 0.0206. The van der Waals surface area contributed by atoms with Crippen molar-refractivity contribution in [2.24, 2.45) is 5.73 Å². The van der Waals surface area contributed by atoms with Crippen LogP contribution in [0.5, 0.6) is 11.5 Å². The van der Waals surface area contributed by atoms with E-state index in [4.69, 9.17) is 10.5 Å². The predicted molar refractivity (Wildman–Crippen MR) is 66.8 cm³/mol. The molecule has 1 aliphatic carbocycles. The van der Waals surface area contributed by atoms with Crippen LogP contribution in [-0.4, -0.2) is 17.8 Å². The number of aromatic hydroxyl groups is 1. The molecule has 2 rings (SSSR count). The van der Waals surface area contributed by atoms with Gasteiger partial charge in [-0.3, -0.25) is 0 Å². The van der Waals surface area contributed by atoms with E-state index in [0.717, 1.165) is 41.5 Å². The van der Waals surface area contributed by atoms with Gasteiger partial charge in [0, 0.05) is 5.54 Å². The smallest absolute Gasteiger partial charge is 0.133 e. The molecule has 3 nitrogen and oxygen atoms in total. The number of phenols is 1. The molecule has 1 fully saturated rings. The summed E-state index contributed by atoms with van der Waals surface area (Å²) >= 11 is 3.33. The van der Waals surface area contributed by atoms with Gasteiger partial charge in [-0.15, -0.1) is 0 Å². The first kappa shape index (κ1) is 11.7. The van der Waals surface area contributed by atoms with E-state index in [1.165, 1.54) is 0 Å². The predicted octanol–water partition coefficient (Wildman–Crippen LogP) is 2.59. The quantitative estimate of drug-likeness (QED) is 0.894. The summed E-state index contributed by atoms with van der Waals surface area (Å²) in [5.74, 6) is 1.05. The van der Waals surface area contributed by atoms with Gasteiger partial charge in [0.1, 0.15) is 11.5 Å². The molecule has 0 heterocycles. The highest BCUT2D eigenvalue weighted by atomic mass is 79.9. The lowest BCUT2D eigenvalue weighted by molar-refractivity contribution is 0.407. The zero-order valence-electron chi connectivity index (χ0n) is 9.29. The standard InChI is InChI=1S/C12H16BrNO2/c1-16-11-6-8(10(15)7-9(11)13)2-3-12(14)4-5-12/h6-7,15H,2-5,14H2,1H3. The maximum absolute atomic E-state index is 9.80. The van der Waals surface area contributed by atoms with Crippen molar-refractivity contribution >= 4 is 15.9 Å². The van der Waals surface area contributed by atoms with Crippen LogP contribution in [0.25, 0.3) is 0 Å². The average Bonchev–Trinajstić information content (AvgIpc) is 2.96. The number of methoxy groups -OCH3 is 1. The highest BCUT2D eigenvalue weighted by Crippen LogP contribution is 2.39. The Labute approximate surface area is 104 Å². The maximum atomic E-state index is 9.80. The molecule has 0 bridgehead atoms. The Morgan fingerprint density at radius 2 is 2.19 bits per heavy atom. The van der Waals surface area contributed by atoms with Gasteiger partial charge in [0.15, 0.2) is 0 Å². The number of rotatable bonds is 4. The summed E-state index contributed by atoms with van der Waals surface area (Å²) < 4.78 is 5.97. The third-order valence-electron chi connectivity index (χ3n) is 3.14. The number of halogens is 1. The fourth-order valence-corrected chi connectivity index (χ4v) is 2.23. The normalized spacial score (nSPS) is 17.2. The summed E-state index contributed by atoms with van der Waals surface area (Å²) in [5, 5.41) is 9.80. The zero-order chi connectivity index (χ0) is 11.8. The average molecular weight is 286 g/mol. The molecule has 0 atom stereocenters. The minimum Gasteiger partial charge on any atom is -0.508 e. The van der Waals surface area contributed by atoms with Gasteiger partial charge in [-0.25, -0.2) is 0 Å². The second-order valence-electron chi connectivity index (χ2n) is 4.48. The maximum Gasteiger partial charge on any atom is 0.133 e. The van der Waals surface area contributed by atoms with Gasteiger partial charge in [0.05, 0.1) is 11.6 Å². The van der Waals surface area contributed by atoms with Gasteiger partial charge in [-0.1, -0.05) is 0 Å². The molecule has 0 aliphatic heterocycles. The van der Waals surface area contributed by atoms with Crippen LogP contribution in [0, 0.1) is 0 Å². The Hall–Kier alpha value is -0.740. The number of aryl methyl sites for hydroxylation is 1. The van der Waals surface area contributed by atoms with E-state index in [1.807, 2.05) is 6.07 Å². The second kappa shape index (κ2) is 4.26. The molecule has 0 aromatic heterocycles. The highest BCUT2D eigenvalue weighted by molar-refractivity contribution is 9.10. The van der Waals surface area contributed by atoms with Crippen molar-refractivity contribution in [3.05, 3.63) is 22.2 Å². The van der Waals surface area contributed by atoms with Crippen LogP contribution in [0.2, 0.25) is 0 Å². The molecule has 1 aliphatic rings. The van der Waals surface area contributed by atoms with Crippen LogP contribution in [0.15, 0.2) is 16.6 Å². The van der Waals surface area contributed by atoms with Gasteiger partial charge in [0.25, 0.3) is 0 Å². The molecular formula is C12H16BrNO2. The van der Waals surface area contributed by atoms with Crippen molar-refractivity contribution in [2.45, 2.75) is 31.2 Å². The van der Waals surface area contributed by atoms with Gasteiger partial charge in [0.2, 0.25) is 0 Å². The lowest BCUT2D eigenvalue weighted by atomic mass is 10.0. The van der Waals surface area contributed by atoms with Crippen LogP contribution in [0.3, 0.4) is 0 Å². The Morgan fingerprint density at radius 1 is 1.50 bits per heavy atom. The molecule has 0 amide bonds. The van der Waals surface area contributed by atoms with Crippen LogP contribution < -0.4 is 10.5 Å². The first-order chi connectivity index (χ1) is 7.54. The van der Waals surface area contributed by atoms with Crippen molar-refractivity contribution in [3.8, 4) is 11.5 Å². The molecular weight excluding hydrogens is 270 g/mol. The third-order valence-corrected chi connectivity index (χ3v) is 3.76. The van der Waals surface area contributed by atoms with E-state index in [0.29, 0.717) is 5.75 Å². The van der Waals surface area contributed by atoms with Gasteiger partial charge in [-0.05, 0) is 59.3 Å². The molecule has 16 heavy (non-hydrogen) atoms. The van der Waals surface area contributed by atoms with Crippen LogP contribution in [0.4, 0.5) is 0 Å². The summed E-state index contributed by atoms with van der Waals surface area (Å²) in [4.78, 5) is 0. The molecule has 0 radical (unpaired) electrons. The number of phenolic OH excluding ortho intramolecular Hbond substituents is 1. The largest absolute Gasteiger partial charge is 0.508 e. The second-order valence-corrected chi connectivity index (χ2v) is 5.33. The molecule has 1 aromatic carbocycles. The molecule has 0 unspecified atom stereocenters. The first-order valence-corrected chi connectivity index (χ1v) is 6.18. The van der Waals surface area contributed by atoms with E-state index < -0.39 is 0 Å². The number of ether oxygens (including phenoxy) is 1. The van der Waals surface area contributed by atoms with Crippen LogP contribution in [-0.2, 0) is 6.42 Å². The fourth-order valence-electron chi connectivity index (χ4n) is 1.74. The van der Waals surface area contributed by atoms with E-state index in [2.05, 4.69) is 15.9 Å². The number of hydrogen-bond acceptors (Lipinski definition) is 3. The number of hydrogen-bond donors (Lipinski definition) is 2. The molecule has 1 saturated carbocycles. The molecule has 0 spiro atoms. The fraction of sp³-hybridized carbons (Fsp3) is 0.500. The van der Waals surface area contributed by atoms with E-state index >= 15 is 0 Å². The van der Waals surface area contributed by atoms with Gasteiger partial charge < -0.3 is 15.6 Å². The van der Waals surface area contributed by atoms with Crippen molar-refractivity contribution in [3.63, 3.8) is 0 Å². The lowest BCUT2D eigenvalue weighted by Gasteiger charge is -2.12. The van der Waals surface area contributed by atoms with Crippen molar-refractivity contribution in [1.82, 2.24) is 0 Å². The third kappa shape index (κ3) is 2.50. The molecule has 1 aromatic rings. The Morgan fingerprint density at radius 3 is 2.75 bits per heavy atom. The van der Waals surface area contributed by atoms with Crippen LogP contribution >= 0.6 is 15.9 Å². The molecule has 0 saturated heterocycles. The number of nitrogens with two attached hydrogens (primary N) is 1. The SMILES string of the molecule is COc1cc(CCC2(N)CC2)c(O)cc1Br. The topological polar surface area (TPSA) is 55.5 Å². The highest BCUT2D eigenvalue weighted by Gasteiger charge is 2.37. The number of benzene rings is 1. The van der Waals surface area contributed by atoms with Crippen molar-refractivity contribution < 1.29 is 9.84 Å². The van der Waals surface area contributed by atoms with Crippen molar-refractivity contribution in [2.75, 3.05) is 7.11 Å². The minimum atomic E-state index is 0.0206. The summed E-state index contributed by atoms with van der Waals surface area (Å²) in [7, 11) is 1.62. The van der Waals surface area contributed by atoms with Gasteiger partial charge in [-0.2, -0.15) is 0 Å². The molecule has 88 valence electrons. The molecule has 4 heteroatoms. The summed E-state index contributed by atoms with van der Waals surface area (Å²) in [5.41, 5.74) is 6.94. The monoisotopic (exact) mass is 285 g/mol. The Kier molecular flexibility index (Phi) is 3.13. The van der Waals surface area contributed by atoms with E-state index in [-0.39, 0.29) is 5.54 Å². The molecule has 3 N–H and O–H groups in total. The van der Waals surface area contributed by atoms with E-state index in [1.54, 1.807) is 13.2 Å². The summed E-state index contributed by atoms with van der Waals surface area (Å²) in [6, 6.07) is 3.54. The zero-order valence-corrected chi connectivity index (χ0v) is 10.9. The van der Waals surface area contributed by atoms with Crippen molar-refractivity contribution in [1.29, 1.82) is 0 Å². The Balaban J connectivity index is 2.13. The Bertz CT molecular complexity index is 402. The van der Waals surface area contributed by atoms with E-state index in [9.17, 15) is 5.11 Å². The summed E-state index contributed by atoms with van der Waals surface area (Å²) in [6.45, 7) is 0.